The molecule has 0 unspecified atom stereocenters. The van der Waals surface area contributed by atoms with Gasteiger partial charge in [-0.2, -0.15) is 0 Å². The van der Waals surface area contributed by atoms with E-state index in [1.54, 1.807) is 6.92 Å². The zero-order valence-corrected chi connectivity index (χ0v) is 15.0. The minimum absolute atomic E-state index is 0.0378. The normalized spacial score (nSPS) is 10.9. The maximum Gasteiger partial charge on any atom is 0.340 e. The van der Waals surface area contributed by atoms with Crippen LogP contribution in [-0.4, -0.2) is 16.1 Å². The summed E-state index contributed by atoms with van der Waals surface area (Å²) in [6.07, 6.45) is -0.269. The smallest absolute Gasteiger partial charge is 0.340 e. The topological polar surface area (TPSA) is 99.8 Å². The molecule has 0 fully saturated rings. The Morgan fingerprint density at radius 2 is 1.77 bits per heavy atom. The lowest BCUT2D eigenvalue weighted by Gasteiger charge is -2.10. The fourth-order valence-electron chi connectivity index (χ4n) is 2.71. The Labute approximate surface area is 157 Å². The third-order valence-electron chi connectivity index (χ3n) is 3.83. The van der Waals surface area contributed by atoms with E-state index in [0.717, 1.165) is 6.07 Å². The molecule has 0 spiro atoms. The first-order valence-corrected chi connectivity index (χ1v) is 8.24. The van der Waals surface area contributed by atoms with Gasteiger partial charge in [0.15, 0.2) is 0 Å². The van der Waals surface area contributed by atoms with Crippen molar-refractivity contribution >= 4 is 45.8 Å². The number of aromatic hydroxyl groups is 2. The highest BCUT2D eigenvalue weighted by Crippen LogP contribution is 2.32. The van der Waals surface area contributed by atoms with Gasteiger partial charge in [-0.3, -0.25) is 4.79 Å². The number of fused-ring (bicyclic) bond motifs is 1. The van der Waals surface area contributed by atoms with E-state index < -0.39 is 11.5 Å². The van der Waals surface area contributed by atoms with Crippen molar-refractivity contribution in [2.45, 2.75) is 13.3 Å². The monoisotopic (exact) mass is 393 g/mol. The molecule has 0 bridgehead atoms. The van der Waals surface area contributed by atoms with Crippen molar-refractivity contribution < 1.29 is 19.4 Å². The van der Waals surface area contributed by atoms with Crippen LogP contribution in [0.1, 0.15) is 11.1 Å². The molecule has 26 heavy (non-hydrogen) atoms. The number of rotatable bonds is 3. The molecule has 8 heteroatoms. The van der Waals surface area contributed by atoms with Gasteiger partial charge in [-0.1, -0.05) is 23.2 Å². The fourth-order valence-corrected chi connectivity index (χ4v) is 3.23. The largest absolute Gasteiger partial charge is 0.508 e. The third kappa shape index (κ3) is 3.61. The van der Waals surface area contributed by atoms with Crippen LogP contribution in [0.4, 0.5) is 5.69 Å². The van der Waals surface area contributed by atoms with Crippen molar-refractivity contribution in [2.75, 3.05) is 5.32 Å². The van der Waals surface area contributed by atoms with E-state index in [-0.39, 0.29) is 34.5 Å². The van der Waals surface area contributed by atoms with Crippen LogP contribution in [0, 0.1) is 6.92 Å². The van der Waals surface area contributed by atoms with E-state index in [1.807, 2.05) is 0 Å². The number of benzene rings is 2. The summed E-state index contributed by atoms with van der Waals surface area (Å²) in [5.74, 6) is -0.957. The van der Waals surface area contributed by atoms with E-state index in [0.29, 0.717) is 21.3 Å². The first-order chi connectivity index (χ1) is 12.2. The average molecular weight is 394 g/mol. The van der Waals surface area contributed by atoms with Crippen molar-refractivity contribution in [3.8, 4) is 11.5 Å². The van der Waals surface area contributed by atoms with Crippen LogP contribution in [0.5, 0.6) is 11.5 Å². The summed E-state index contributed by atoms with van der Waals surface area (Å²) in [6.45, 7) is 1.59. The van der Waals surface area contributed by atoms with Gasteiger partial charge >= 0.3 is 5.63 Å². The van der Waals surface area contributed by atoms with Crippen LogP contribution in [0.25, 0.3) is 11.0 Å². The Morgan fingerprint density at radius 3 is 2.42 bits per heavy atom. The molecule has 0 aliphatic heterocycles. The van der Waals surface area contributed by atoms with Gasteiger partial charge in [0, 0.05) is 27.9 Å². The number of carbonyl (C=O) groups excluding carboxylic acids is 1. The first-order valence-electron chi connectivity index (χ1n) is 7.49. The molecular formula is C18H13Cl2NO5. The molecule has 134 valence electrons. The molecule has 2 aromatic carbocycles. The Hall–Kier alpha value is -2.70. The predicted molar refractivity (Wildman–Crippen MR) is 99.3 cm³/mol. The van der Waals surface area contributed by atoms with Gasteiger partial charge in [0.2, 0.25) is 5.91 Å². The number of phenolic OH excluding ortho intramolecular Hbond substituents is 2. The van der Waals surface area contributed by atoms with Crippen molar-refractivity contribution in [3.63, 3.8) is 0 Å². The van der Waals surface area contributed by atoms with Gasteiger partial charge in [0.05, 0.1) is 17.4 Å². The van der Waals surface area contributed by atoms with Crippen LogP contribution in [0.15, 0.2) is 39.5 Å². The van der Waals surface area contributed by atoms with Crippen LogP contribution in [0.2, 0.25) is 10.0 Å². The van der Waals surface area contributed by atoms with Gasteiger partial charge in [-0.25, -0.2) is 4.79 Å². The second kappa shape index (κ2) is 6.90. The third-order valence-corrected chi connectivity index (χ3v) is 4.26. The maximum absolute atomic E-state index is 12.3. The van der Waals surface area contributed by atoms with E-state index in [2.05, 4.69) is 5.32 Å². The quantitative estimate of drug-likeness (QED) is 0.583. The fraction of sp³-hybridized carbons (Fsp3) is 0.111. The van der Waals surface area contributed by atoms with Gasteiger partial charge in [-0.05, 0) is 30.7 Å². The van der Waals surface area contributed by atoms with Crippen molar-refractivity contribution in [3.05, 3.63) is 61.9 Å². The molecule has 0 radical (unpaired) electrons. The number of anilines is 1. The average Bonchev–Trinajstić information content (AvgIpc) is 2.49. The number of carbonyl (C=O) groups is 1. The minimum Gasteiger partial charge on any atom is -0.508 e. The van der Waals surface area contributed by atoms with E-state index >= 15 is 0 Å². The lowest BCUT2D eigenvalue weighted by molar-refractivity contribution is -0.115. The number of aryl methyl sites for hydroxylation is 1. The van der Waals surface area contributed by atoms with Crippen LogP contribution in [-0.2, 0) is 11.2 Å². The Bertz CT molecular complexity index is 1070. The van der Waals surface area contributed by atoms with Crippen LogP contribution < -0.4 is 10.9 Å². The number of nitrogens with one attached hydrogen (secondary N) is 1. The van der Waals surface area contributed by atoms with Crippen molar-refractivity contribution in [1.82, 2.24) is 0 Å². The number of hydrogen-bond acceptors (Lipinski definition) is 5. The van der Waals surface area contributed by atoms with Crippen LogP contribution >= 0.6 is 23.2 Å². The summed E-state index contributed by atoms with van der Waals surface area (Å²) in [5.41, 5.74) is 0.204. The van der Waals surface area contributed by atoms with Gasteiger partial charge in [0.25, 0.3) is 0 Å². The molecular weight excluding hydrogens is 381 g/mol. The molecule has 6 nitrogen and oxygen atoms in total. The van der Waals surface area contributed by atoms with Crippen molar-refractivity contribution in [2.24, 2.45) is 0 Å². The summed E-state index contributed by atoms with van der Waals surface area (Å²) in [4.78, 5) is 24.5. The van der Waals surface area contributed by atoms with Gasteiger partial charge in [-0.15, -0.1) is 0 Å². The Morgan fingerprint density at radius 1 is 1.12 bits per heavy atom. The molecule has 1 heterocycles. The number of hydrogen-bond donors (Lipinski definition) is 3. The molecule has 0 atom stereocenters. The standard InChI is InChI=1S/C18H13Cl2NO5/c1-8-13(7-16(24)21-11-3-9(19)2-10(20)4-11)18(25)26-15-6-12(22)5-14(23)17(8)15/h2-6,22-23H,7H2,1H3,(H,21,24). The highest BCUT2D eigenvalue weighted by Gasteiger charge is 2.18. The molecule has 1 aromatic heterocycles. The van der Waals surface area contributed by atoms with E-state index in [9.17, 15) is 19.8 Å². The van der Waals surface area contributed by atoms with Gasteiger partial charge < -0.3 is 19.9 Å². The lowest BCUT2D eigenvalue weighted by atomic mass is 10.0. The zero-order valence-electron chi connectivity index (χ0n) is 13.5. The second-order valence-corrected chi connectivity index (χ2v) is 6.59. The highest BCUT2D eigenvalue weighted by molar-refractivity contribution is 6.35. The van der Waals surface area contributed by atoms with E-state index in [1.165, 1.54) is 24.3 Å². The molecule has 0 saturated heterocycles. The summed E-state index contributed by atoms with van der Waals surface area (Å²) in [5, 5.41) is 23.1. The molecule has 0 aliphatic rings. The number of amides is 1. The Kier molecular flexibility index (Phi) is 4.80. The van der Waals surface area contributed by atoms with E-state index in [4.69, 9.17) is 27.6 Å². The predicted octanol–water partition coefficient (Wildman–Crippen LogP) is 4.00. The van der Waals surface area contributed by atoms with Crippen molar-refractivity contribution in [1.29, 1.82) is 0 Å². The molecule has 3 rings (SSSR count). The molecule has 3 aromatic rings. The summed E-state index contributed by atoms with van der Waals surface area (Å²) in [7, 11) is 0. The highest BCUT2D eigenvalue weighted by atomic mass is 35.5. The minimum atomic E-state index is -0.723. The van der Waals surface area contributed by atoms with Gasteiger partial charge in [0.1, 0.15) is 17.1 Å². The SMILES string of the molecule is Cc1c(CC(=O)Nc2cc(Cl)cc(Cl)c2)c(=O)oc2cc(O)cc(O)c12. The Balaban J connectivity index is 1.95. The summed E-state index contributed by atoms with van der Waals surface area (Å²) >= 11 is 11.8. The number of phenols is 2. The zero-order chi connectivity index (χ0) is 19.0. The maximum atomic E-state index is 12.3. The summed E-state index contributed by atoms with van der Waals surface area (Å²) < 4.78 is 5.13. The lowest BCUT2D eigenvalue weighted by Crippen LogP contribution is -2.20. The molecule has 3 N–H and O–H groups in total. The number of halogens is 2. The molecule has 1 amide bonds. The second-order valence-electron chi connectivity index (χ2n) is 5.71. The molecule has 0 saturated carbocycles. The molecule has 0 aliphatic carbocycles. The summed E-state index contributed by atoms with van der Waals surface area (Å²) in [6, 6.07) is 6.93. The van der Waals surface area contributed by atoms with Crippen LogP contribution in [0.3, 0.4) is 0 Å². The first kappa shape index (κ1) is 18.1.